The van der Waals surface area contributed by atoms with Crippen LogP contribution in [0.2, 0.25) is 0 Å². The van der Waals surface area contributed by atoms with Crippen LogP contribution in [-0.2, 0) is 0 Å². The molecule has 1 unspecified atom stereocenters. The van der Waals surface area contributed by atoms with Gasteiger partial charge in [0.15, 0.2) is 6.10 Å². The van der Waals surface area contributed by atoms with Crippen molar-refractivity contribution in [2.24, 2.45) is 0 Å². The quantitative estimate of drug-likeness (QED) is 0.788. The molecule has 0 fully saturated rings. The van der Waals surface area contributed by atoms with Crippen molar-refractivity contribution in [2.45, 2.75) is 32.8 Å². The van der Waals surface area contributed by atoms with Crippen LogP contribution in [0.3, 0.4) is 0 Å². The van der Waals surface area contributed by atoms with Crippen LogP contribution in [0.4, 0.5) is 8.78 Å². The number of hydrogen-bond donors (Lipinski definition) is 1. The highest BCUT2D eigenvalue weighted by molar-refractivity contribution is 7.12. The summed E-state index contributed by atoms with van der Waals surface area (Å²) in [6.07, 6.45) is -1.67. The third kappa shape index (κ3) is 2.25. The molecule has 0 saturated carbocycles. The third-order valence-electron chi connectivity index (χ3n) is 1.81. The summed E-state index contributed by atoms with van der Waals surface area (Å²) < 4.78 is 25.5. The lowest BCUT2D eigenvalue weighted by Gasteiger charge is -2.17. The Kier molecular flexibility index (Phi) is 2.73. The van der Waals surface area contributed by atoms with E-state index in [-0.39, 0.29) is 0 Å². The van der Waals surface area contributed by atoms with Gasteiger partial charge in [-0.3, -0.25) is 0 Å². The Labute approximate surface area is 80.0 Å². The largest absolute Gasteiger partial charge is 0.381 e. The van der Waals surface area contributed by atoms with Crippen LogP contribution in [-0.4, -0.2) is 11.0 Å². The minimum absolute atomic E-state index is 0.366. The molecule has 1 nitrogen and oxygen atoms in total. The van der Waals surface area contributed by atoms with E-state index in [0.717, 1.165) is 17.4 Å². The molecule has 0 aromatic carbocycles. The van der Waals surface area contributed by atoms with Gasteiger partial charge in [-0.2, -0.15) is 0 Å². The van der Waals surface area contributed by atoms with E-state index >= 15 is 0 Å². The number of hydrogen-bond acceptors (Lipinski definition) is 2. The maximum atomic E-state index is 12.7. The molecule has 0 bridgehead atoms. The second kappa shape index (κ2) is 3.35. The van der Waals surface area contributed by atoms with Crippen LogP contribution >= 0.6 is 11.3 Å². The zero-order valence-electron chi connectivity index (χ0n) is 7.77. The van der Waals surface area contributed by atoms with Gasteiger partial charge in [-0.1, -0.05) is 0 Å². The highest BCUT2D eigenvalue weighted by atomic mass is 32.1. The van der Waals surface area contributed by atoms with Crippen molar-refractivity contribution in [1.29, 1.82) is 0 Å². The van der Waals surface area contributed by atoms with Crippen molar-refractivity contribution in [2.75, 3.05) is 0 Å². The zero-order valence-corrected chi connectivity index (χ0v) is 8.58. The van der Waals surface area contributed by atoms with E-state index in [1.165, 1.54) is 11.3 Å². The SMILES string of the molecule is Cc1cc(C)c(C(O)C(C)(F)F)s1. The number of thiophene rings is 1. The number of aliphatic hydroxyl groups is 1. The number of halogens is 2. The first-order valence-electron chi connectivity index (χ1n) is 3.95. The van der Waals surface area contributed by atoms with Crippen molar-refractivity contribution in [3.8, 4) is 0 Å². The molecule has 1 aromatic rings. The Hall–Kier alpha value is -0.480. The Balaban J connectivity index is 3.01. The fourth-order valence-electron chi connectivity index (χ4n) is 1.16. The minimum atomic E-state index is -3.07. The molecule has 1 atom stereocenters. The van der Waals surface area contributed by atoms with Crippen molar-refractivity contribution >= 4 is 11.3 Å². The molecular formula is C9H12F2OS. The van der Waals surface area contributed by atoms with E-state index in [4.69, 9.17) is 0 Å². The van der Waals surface area contributed by atoms with Crippen LogP contribution in [0.1, 0.15) is 28.3 Å². The van der Waals surface area contributed by atoms with Crippen molar-refractivity contribution in [1.82, 2.24) is 0 Å². The second-order valence-corrected chi connectivity index (χ2v) is 4.55. The van der Waals surface area contributed by atoms with Gasteiger partial charge < -0.3 is 5.11 Å². The molecule has 0 aliphatic heterocycles. The van der Waals surface area contributed by atoms with Crippen LogP contribution in [0.5, 0.6) is 0 Å². The van der Waals surface area contributed by atoms with E-state index in [1.807, 2.05) is 6.92 Å². The summed E-state index contributed by atoms with van der Waals surface area (Å²) in [6, 6.07) is 1.80. The lowest BCUT2D eigenvalue weighted by molar-refractivity contribution is -0.0940. The third-order valence-corrected chi connectivity index (χ3v) is 3.01. The van der Waals surface area contributed by atoms with Crippen molar-refractivity contribution in [3.63, 3.8) is 0 Å². The molecule has 0 saturated heterocycles. The van der Waals surface area contributed by atoms with Gasteiger partial charge in [0.25, 0.3) is 5.92 Å². The summed E-state index contributed by atoms with van der Waals surface area (Å²) in [5, 5.41) is 9.31. The highest BCUT2D eigenvalue weighted by Gasteiger charge is 2.35. The number of rotatable bonds is 2. The fraction of sp³-hybridized carbons (Fsp3) is 0.556. The molecule has 1 N–H and O–H groups in total. The van der Waals surface area contributed by atoms with Crippen LogP contribution in [0.25, 0.3) is 0 Å². The standard InChI is InChI=1S/C9H12F2OS/c1-5-4-6(2)13-7(5)8(12)9(3,10)11/h4,8,12H,1-3H3. The van der Waals surface area contributed by atoms with Gasteiger partial charge in [-0.15, -0.1) is 11.3 Å². The fourth-order valence-corrected chi connectivity index (χ4v) is 2.28. The molecule has 13 heavy (non-hydrogen) atoms. The highest BCUT2D eigenvalue weighted by Crippen LogP contribution is 2.36. The van der Waals surface area contributed by atoms with E-state index in [2.05, 4.69) is 0 Å². The Morgan fingerprint density at radius 1 is 1.46 bits per heavy atom. The van der Waals surface area contributed by atoms with Crippen LogP contribution in [0, 0.1) is 13.8 Å². The minimum Gasteiger partial charge on any atom is -0.381 e. The molecule has 4 heteroatoms. The number of alkyl halides is 2. The first kappa shape index (κ1) is 10.6. The average molecular weight is 206 g/mol. The average Bonchev–Trinajstić information content (AvgIpc) is 2.26. The summed E-state index contributed by atoms with van der Waals surface area (Å²) >= 11 is 1.22. The maximum absolute atomic E-state index is 12.7. The molecule has 0 spiro atoms. The van der Waals surface area contributed by atoms with Gasteiger partial charge in [0.05, 0.1) is 0 Å². The van der Waals surface area contributed by atoms with E-state index < -0.39 is 12.0 Å². The number of aryl methyl sites for hydroxylation is 2. The summed E-state index contributed by atoms with van der Waals surface area (Å²) in [7, 11) is 0. The van der Waals surface area contributed by atoms with Gasteiger partial charge in [0.2, 0.25) is 0 Å². The summed E-state index contributed by atoms with van der Waals surface area (Å²) in [5.74, 6) is -3.07. The van der Waals surface area contributed by atoms with Gasteiger partial charge in [0, 0.05) is 16.7 Å². The van der Waals surface area contributed by atoms with E-state index in [9.17, 15) is 13.9 Å². The van der Waals surface area contributed by atoms with Gasteiger partial charge in [-0.05, 0) is 25.5 Å². The van der Waals surface area contributed by atoms with Gasteiger partial charge in [0.1, 0.15) is 0 Å². The Morgan fingerprint density at radius 2 is 2.00 bits per heavy atom. The molecule has 0 amide bonds. The molecule has 0 aliphatic carbocycles. The van der Waals surface area contributed by atoms with E-state index in [1.54, 1.807) is 13.0 Å². The number of aliphatic hydroxyl groups excluding tert-OH is 1. The first-order valence-corrected chi connectivity index (χ1v) is 4.77. The summed E-state index contributed by atoms with van der Waals surface area (Å²) in [4.78, 5) is 1.31. The molecule has 1 aromatic heterocycles. The molecule has 0 aliphatic rings. The normalized spacial score (nSPS) is 14.6. The zero-order chi connectivity index (χ0) is 10.2. The van der Waals surface area contributed by atoms with Gasteiger partial charge >= 0.3 is 0 Å². The molecule has 0 radical (unpaired) electrons. The molecule has 1 heterocycles. The first-order chi connectivity index (χ1) is 5.82. The smallest absolute Gasteiger partial charge is 0.275 e. The summed E-state index contributed by atoms with van der Waals surface area (Å²) in [5.41, 5.74) is 0.733. The van der Waals surface area contributed by atoms with Crippen molar-refractivity contribution < 1.29 is 13.9 Å². The molecular weight excluding hydrogens is 194 g/mol. The van der Waals surface area contributed by atoms with E-state index in [0.29, 0.717) is 4.88 Å². The predicted molar refractivity (Wildman–Crippen MR) is 49.4 cm³/mol. The van der Waals surface area contributed by atoms with Crippen LogP contribution < -0.4 is 0 Å². The van der Waals surface area contributed by atoms with Crippen molar-refractivity contribution in [3.05, 3.63) is 21.4 Å². The van der Waals surface area contributed by atoms with Gasteiger partial charge in [-0.25, -0.2) is 8.78 Å². The Bertz CT molecular complexity index is 301. The topological polar surface area (TPSA) is 20.2 Å². The lowest BCUT2D eigenvalue weighted by Crippen LogP contribution is -2.21. The van der Waals surface area contributed by atoms with Crippen LogP contribution in [0.15, 0.2) is 6.07 Å². The lowest BCUT2D eigenvalue weighted by atomic mass is 10.1. The Morgan fingerprint density at radius 3 is 2.31 bits per heavy atom. The maximum Gasteiger partial charge on any atom is 0.275 e. The molecule has 1 rings (SSSR count). The molecule has 74 valence electrons. The second-order valence-electron chi connectivity index (χ2n) is 3.26. The summed E-state index contributed by atoms with van der Waals surface area (Å²) in [6.45, 7) is 4.29. The predicted octanol–water partition coefficient (Wildman–Crippen LogP) is 3.05. The monoisotopic (exact) mass is 206 g/mol.